The Hall–Kier alpha value is -0.470. The fourth-order valence-electron chi connectivity index (χ4n) is 2.06. The molecule has 0 N–H and O–H groups in total. The van der Waals surface area contributed by atoms with Crippen LogP contribution in [0.25, 0.3) is 0 Å². The summed E-state index contributed by atoms with van der Waals surface area (Å²) in [6.45, 7) is 6.63. The van der Waals surface area contributed by atoms with E-state index in [2.05, 4.69) is 61.4 Å². The Kier molecular flexibility index (Phi) is 5.13. The molecule has 0 amide bonds. The Morgan fingerprint density at radius 1 is 1.28 bits per heavy atom. The van der Waals surface area contributed by atoms with E-state index in [9.17, 15) is 0 Å². The molecule has 1 aliphatic rings. The number of anilines is 1. The van der Waals surface area contributed by atoms with Crippen LogP contribution < -0.4 is 4.90 Å². The van der Waals surface area contributed by atoms with E-state index >= 15 is 0 Å². The average Bonchev–Trinajstić information content (AvgIpc) is 2.38. The van der Waals surface area contributed by atoms with Crippen LogP contribution in [0.5, 0.6) is 0 Å². The highest BCUT2D eigenvalue weighted by atomic mass is 127. The van der Waals surface area contributed by atoms with E-state index in [1.54, 1.807) is 6.33 Å². The Morgan fingerprint density at radius 3 is 2.61 bits per heavy atom. The molecule has 100 valence electrons. The summed E-state index contributed by atoms with van der Waals surface area (Å²) in [7, 11) is 4.25. The lowest BCUT2D eigenvalue weighted by Crippen LogP contribution is -2.48. The van der Waals surface area contributed by atoms with Crippen molar-refractivity contribution in [2.24, 2.45) is 0 Å². The molecular formula is C12H20IN5. The lowest BCUT2D eigenvalue weighted by Gasteiger charge is -2.36. The molecular weight excluding hydrogens is 341 g/mol. The zero-order valence-corrected chi connectivity index (χ0v) is 13.2. The van der Waals surface area contributed by atoms with Crippen molar-refractivity contribution in [1.82, 2.24) is 19.8 Å². The number of aromatic nitrogens is 2. The molecule has 2 heterocycles. The lowest BCUT2D eigenvalue weighted by molar-refractivity contribution is 0.229. The van der Waals surface area contributed by atoms with Crippen molar-refractivity contribution in [2.45, 2.75) is 0 Å². The van der Waals surface area contributed by atoms with Crippen LogP contribution >= 0.6 is 22.6 Å². The van der Waals surface area contributed by atoms with Crippen molar-refractivity contribution in [3.05, 3.63) is 16.1 Å². The quantitative estimate of drug-likeness (QED) is 0.741. The highest BCUT2D eigenvalue weighted by Crippen LogP contribution is 2.19. The second kappa shape index (κ2) is 6.63. The molecule has 1 aromatic rings. The molecule has 0 aromatic carbocycles. The summed E-state index contributed by atoms with van der Waals surface area (Å²) in [6, 6.07) is 0. The van der Waals surface area contributed by atoms with E-state index in [-0.39, 0.29) is 0 Å². The molecule has 0 saturated carbocycles. The monoisotopic (exact) mass is 361 g/mol. The number of hydrogen-bond acceptors (Lipinski definition) is 5. The van der Waals surface area contributed by atoms with Gasteiger partial charge in [-0.15, -0.1) is 0 Å². The molecule has 2 rings (SSSR count). The van der Waals surface area contributed by atoms with Gasteiger partial charge in [-0.1, -0.05) is 0 Å². The lowest BCUT2D eigenvalue weighted by atomic mass is 10.3. The van der Waals surface area contributed by atoms with Gasteiger partial charge in [0.15, 0.2) is 0 Å². The van der Waals surface area contributed by atoms with Gasteiger partial charge in [-0.2, -0.15) is 0 Å². The molecule has 5 nitrogen and oxygen atoms in total. The van der Waals surface area contributed by atoms with Crippen LogP contribution in [0.1, 0.15) is 0 Å². The van der Waals surface area contributed by atoms with Gasteiger partial charge in [-0.3, -0.25) is 4.90 Å². The minimum Gasteiger partial charge on any atom is -0.353 e. The van der Waals surface area contributed by atoms with Crippen molar-refractivity contribution in [3.63, 3.8) is 0 Å². The van der Waals surface area contributed by atoms with Crippen LogP contribution in [-0.2, 0) is 0 Å². The molecule has 0 atom stereocenters. The van der Waals surface area contributed by atoms with Crippen LogP contribution in [-0.4, -0.2) is 73.1 Å². The number of likely N-dealkylation sites (N-methyl/N-ethyl adjacent to an activating group) is 1. The van der Waals surface area contributed by atoms with Crippen molar-refractivity contribution >= 4 is 28.4 Å². The first-order chi connectivity index (χ1) is 8.66. The minimum atomic E-state index is 1.06. The molecule has 18 heavy (non-hydrogen) atoms. The smallest absolute Gasteiger partial charge is 0.145 e. The first-order valence-corrected chi connectivity index (χ1v) is 7.32. The summed E-state index contributed by atoms with van der Waals surface area (Å²) < 4.78 is 1.14. The Labute approximate surface area is 122 Å². The highest BCUT2D eigenvalue weighted by Gasteiger charge is 2.19. The second-order valence-corrected chi connectivity index (χ2v) is 5.99. The Balaban J connectivity index is 1.85. The van der Waals surface area contributed by atoms with Gasteiger partial charge in [-0.25, -0.2) is 9.97 Å². The van der Waals surface area contributed by atoms with Crippen LogP contribution in [0, 0.1) is 3.57 Å². The van der Waals surface area contributed by atoms with Crippen molar-refractivity contribution in [1.29, 1.82) is 0 Å². The maximum absolute atomic E-state index is 4.38. The largest absolute Gasteiger partial charge is 0.353 e. The number of rotatable bonds is 4. The molecule has 0 unspecified atom stereocenters. The maximum Gasteiger partial charge on any atom is 0.145 e. The van der Waals surface area contributed by atoms with Crippen molar-refractivity contribution < 1.29 is 0 Å². The standard InChI is InChI=1S/C12H20IN5/c1-16(2)3-4-17-5-7-18(8-6-17)12-11(13)9-14-10-15-12/h9-10H,3-8H2,1-2H3. The summed E-state index contributed by atoms with van der Waals surface area (Å²) >= 11 is 2.31. The normalized spacial score (nSPS) is 17.4. The number of halogens is 1. The molecule has 1 aliphatic heterocycles. The van der Waals surface area contributed by atoms with Crippen molar-refractivity contribution in [2.75, 3.05) is 58.3 Å². The first kappa shape index (κ1) is 14.0. The van der Waals surface area contributed by atoms with Gasteiger partial charge >= 0.3 is 0 Å². The zero-order valence-electron chi connectivity index (χ0n) is 11.0. The fraction of sp³-hybridized carbons (Fsp3) is 0.667. The molecule has 0 radical (unpaired) electrons. The summed E-state index contributed by atoms with van der Waals surface area (Å²) in [6.07, 6.45) is 3.51. The Bertz CT molecular complexity index is 376. The minimum absolute atomic E-state index is 1.06. The number of nitrogens with zero attached hydrogens (tertiary/aromatic N) is 5. The second-order valence-electron chi connectivity index (χ2n) is 4.83. The van der Waals surface area contributed by atoms with E-state index in [1.807, 2.05) is 6.20 Å². The predicted octanol–water partition coefficient (Wildman–Crippen LogP) is 0.765. The SMILES string of the molecule is CN(C)CCN1CCN(c2ncncc2I)CC1. The molecule has 1 fully saturated rings. The third kappa shape index (κ3) is 3.76. The Morgan fingerprint density at radius 2 is 2.00 bits per heavy atom. The molecule has 0 bridgehead atoms. The summed E-state index contributed by atoms with van der Waals surface area (Å²) in [5.74, 6) is 1.08. The van der Waals surface area contributed by atoms with Gasteiger partial charge in [0.2, 0.25) is 0 Å². The van der Waals surface area contributed by atoms with Crippen LogP contribution in [0.15, 0.2) is 12.5 Å². The molecule has 0 spiro atoms. The number of piperazine rings is 1. The van der Waals surface area contributed by atoms with Gasteiger partial charge in [0, 0.05) is 45.5 Å². The van der Waals surface area contributed by atoms with E-state index in [1.165, 1.54) is 0 Å². The van der Waals surface area contributed by atoms with E-state index in [4.69, 9.17) is 0 Å². The first-order valence-electron chi connectivity index (χ1n) is 6.24. The van der Waals surface area contributed by atoms with Crippen LogP contribution in [0.2, 0.25) is 0 Å². The van der Waals surface area contributed by atoms with Crippen LogP contribution in [0.3, 0.4) is 0 Å². The maximum atomic E-state index is 4.38. The van der Waals surface area contributed by atoms with Gasteiger partial charge in [-0.05, 0) is 36.7 Å². The molecule has 6 heteroatoms. The molecule has 0 aliphatic carbocycles. The number of hydrogen-bond donors (Lipinski definition) is 0. The average molecular weight is 361 g/mol. The van der Waals surface area contributed by atoms with Crippen molar-refractivity contribution in [3.8, 4) is 0 Å². The summed E-state index contributed by atoms with van der Waals surface area (Å²) in [4.78, 5) is 15.5. The predicted molar refractivity (Wildman–Crippen MR) is 82.0 cm³/mol. The van der Waals surface area contributed by atoms with Crippen LogP contribution in [0.4, 0.5) is 5.82 Å². The van der Waals surface area contributed by atoms with E-state index in [0.29, 0.717) is 0 Å². The van der Waals surface area contributed by atoms with E-state index in [0.717, 1.165) is 48.7 Å². The topological polar surface area (TPSA) is 35.5 Å². The van der Waals surface area contributed by atoms with Gasteiger partial charge < -0.3 is 9.80 Å². The van der Waals surface area contributed by atoms with Gasteiger partial charge in [0.25, 0.3) is 0 Å². The zero-order chi connectivity index (χ0) is 13.0. The third-order valence-corrected chi connectivity index (χ3v) is 3.94. The molecule has 1 aromatic heterocycles. The fourth-order valence-corrected chi connectivity index (χ4v) is 2.70. The summed E-state index contributed by atoms with van der Waals surface area (Å²) in [5.41, 5.74) is 0. The third-order valence-electron chi connectivity index (χ3n) is 3.18. The van der Waals surface area contributed by atoms with Gasteiger partial charge in [0.1, 0.15) is 12.1 Å². The van der Waals surface area contributed by atoms with E-state index < -0.39 is 0 Å². The highest BCUT2D eigenvalue weighted by molar-refractivity contribution is 14.1. The molecule has 1 saturated heterocycles. The van der Waals surface area contributed by atoms with Gasteiger partial charge in [0.05, 0.1) is 3.57 Å². The summed E-state index contributed by atoms with van der Waals surface area (Å²) in [5, 5.41) is 0.